The standard InChI is InChI=1S/C19H16ClN5O3/c1-11-4-2-6-13(8-11)21-15(26)10-24-17-16(22-23-24)18(27)25(19(17)28)14-7-3-5-12(20)9-14/h2-9,16-17H,10H2,1H3,(H,21,26). The summed E-state index contributed by atoms with van der Waals surface area (Å²) < 4.78 is 0. The Labute approximate surface area is 165 Å². The van der Waals surface area contributed by atoms with Gasteiger partial charge in [0.15, 0.2) is 12.1 Å². The number of fused-ring (bicyclic) bond motifs is 1. The van der Waals surface area contributed by atoms with Crippen LogP contribution in [-0.2, 0) is 14.4 Å². The maximum absolute atomic E-state index is 12.9. The molecule has 0 saturated carbocycles. The SMILES string of the molecule is Cc1cccc(NC(=O)CN2N=NC3C(=O)N(c4cccc(Cl)c4)C(=O)C32)c1. The number of rotatable bonds is 4. The van der Waals surface area contributed by atoms with Crippen LogP contribution in [0.25, 0.3) is 0 Å². The Balaban J connectivity index is 1.49. The summed E-state index contributed by atoms with van der Waals surface area (Å²) in [6.45, 7) is 1.73. The molecule has 2 aromatic rings. The van der Waals surface area contributed by atoms with E-state index in [0.29, 0.717) is 16.4 Å². The van der Waals surface area contributed by atoms with Gasteiger partial charge in [0.05, 0.1) is 5.69 Å². The second-order valence-corrected chi connectivity index (χ2v) is 7.04. The second kappa shape index (κ2) is 7.05. The summed E-state index contributed by atoms with van der Waals surface area (Å²) in [5, 5.41) is 12.2. The van der Waals surface area contributed by atoms with E-state index in [-0.39, 0.29) is 12.5 Å². The van der Waals surface area contributed by atoms with E-state index >= 15 is 0 Å². The number of benzene rings is 2. The van der Waals surface area contributed by atoms with Crippen LogP contribution in [0.4, 0.5) is 11.4 Å². The predicted molar refractivity (Wildman–Crippen MR) is 103 cm³/mol. The molecule has 0 aliphatic carbocycles. The molecule has 4 rings (SSSR count). The largest absolute Gasteiger partial charge is 0.324 e. The minimum Gasteiger partial charge on any atom is -0.324 e. The van der Waals surface area contributed by atoms with Gasteiger partial charge < -0.3 is 5.32 Å². The van der Waals surface area contributed by atoms with Crippen molar-refractivity contribution in [1.29, 1.82) is 0 Å². The molecule has 2 aromatic carbocycles. The van der Waals surface area contributed by atoms with Gasteiger partial charge in [0.25, 0.3) is 11.8 Å². The van der Waals surface area contributed by atoms with Crippen LogP contribution < -0.4 is 10.2 Å². The van der Waals surface area contributed by atoms with Crippen LogP contribution >= 0.6 is 11.6 Å². The zero-order chi connectivity index (χ0) is 19.8. The van der Waals surface area contributed by atoms with Crippen LogP contribution in [0.5, 0.6) is 0 Å². The molecule has 142 valence electrons. The third-order valence-electron chi connectivity index (χ3n) is 4.53. The number of imide groups is 1. The minimum absolute atomic E-state index is 0.193. The summed E-state index contributed by atoms with van der Waals surface area (Å²) in [5.74, 6) is -1.32. The molecule has 1 saturated heterocycles. The molecule has 2 atom stereocenters. The Morgan fingerprint density at radius 1 is 1.14 bits per heavy atom. The number of carbonyl (C=O) groups is 3. The maximum Gasteiger partial charge on any atom is 0.263 e. The second-order valence-electron chi connectivity index (χ2n) is 6.60. The summed E-state index contributed by atoms with van der Waals surface area (Å²) in [6.07, 6.45) is 0. The third kappa shape index (κ3) is 3.22. The van der Waals surface area contributed by atoms with E-state index in [1.165, 1.54) is 11.1 Å². The summed E-state index contributed by atoms with van der Waals surface area (Å²) in [5.41, 5.74) is 2.02. The normalized spacial score (nSPS) is 20.6. The molecule has 1 N–H and O–H groups in total. The molecule has 28 heavy (non-hydrogen) atoms. The number of nitrogens with one attached hydrogen (secondary N) is 1. The number of nitrogens with zero attached hydrogens (tertiary/aromatic N) is 4. The van der Waals surface area contributed by atoms with E-state index in [2.05, 4.69) is 15.7 Å². The van der Waals surface area contributed by atoms with Crippen LogP contribution in [0.3, 0.4) is 0 Å². The Hall–Kier alpha value is -3.26. The Morgan fingerprint density at radius 3 is 2.68 bits per heavy atom. The van der Waals surface area contributed by atoms with Crippen molar-refractivity contribution in [3.8, 4) is 0 Å². The number of carbonyl (C=O) groups excluding carboxylic acids is 3. The molecule has 2 aliphatic heterocycles. The lowest BCUT2D eigenvalue weighted by atomic mass is 10.1. The molecule has 2 heterocycles. The van der Waals surface area contributed by atoms with Crippen molar-refractivity contribution >= 4 is 40.7 Å². The molecular weight excluding hydrogens is 382 g/mol. The monoisotopic (exact) mass is 397 g/mol. The fraction of sp³-hybridized carbons (Fsp3) is 0.211. The smallest absolute Gasteiger partial charge is 0.263 e. The van der Waals surface area contributed by atoms with Gasteiger partial charge in [0.2, 0.25) is 5.91 Å². The first kappa shape index (κ1) is 18.1. The first-order valence-corrected chi connectivity index (χ1v) is 8.99. The fourth-order valence-electron chi connectivity index (χ4n) is 3.29. The summed E-state index contributed by atoms with van der Waals surface area (Å²) in [6, 6.07) is 11.9. The molecule has 8 nitrogen and oxygen atoms in total. The Morgan fingerprint density at radius 2 is 1.93 bits per heavy atom. The van der Waals surface area contributed by atoms with Gasteiger partial charge in [-0.2, -0.15) is 5.11 Å². The van der Waals surface area contributed by atoms with Crippen LogP contribution in [0, 0.1) is 6.92 Å². The van der Waals surface area contributed by atoms with Gasteiger partial charge in [-0.1, -0.05) is 35.0 Å². The van der Waals surface area contributed by atoms with Crippen molar-refractivity contribution in [2.45, 2.75) is 19.0 Å². The van der Waals surface area contributed by atoms with E-state index < -0.39 is 23.9 Å². The summed E-state index contributed by atoms with van der Waals surface area (Å²) in [7, 11) is 0. The highest BCUT2D eigenvalue weighted by atomic mass is 35.5. The zero-order valence-corrected chi connectivity index (χ0v) is 15.6. The molecule has 3 amide bonds. The average molecular weight is 398 g/mol. The number of amides is 3. The van der Waals surface area contributed by atoms with Gasteiger partial charge in [-0.3, -0.25) is 19.4 Å². The summed E-state index contributed by atoms with van der Waals surface area (Å²) >= 11 is 5.97. The summed E-state index contributed by atoms with van der Waals surface area (Å²) in [4.78, 5) is 38.9. The number of hydrogen-bond donors (Lipinski definition) is 1. The fourth-order valence-corrected chi connectivity index (χ4v) is 3.48. The molecule has 1 fully saturated rings. The van der Waals surface area contributed by atoms with E-state index in [1.54, 1.807) is 24.3 Å². The van der Waals surface area contributed by atoms with Crippen LogP contribution in [0.2, 0.25) is 5.02 Å². The molecule has 0 bridgehead atoms. The van der Waals surface area contributed by atoms with Gasteiger partial charge >= 0.3 is 0 Å². The molecule has 0 spiro atoms. The van der Waals surface area contributed by atoms with Crippen molar-refractivity contribution in [1.82, 2.24) is 5.01 Å². The maximum atomic E-state index is 12.9. The molecule has 2 unspecified atom stereocenters. The Bertz CT molecular complexity index is 1010. The Kier molecular flexibility index (Phi) is 4.56. The van der Waals surface area contributed by atoms with Gasteiger partial charge in [0, 0.05) is 10.7 Å². The van der Waals surface area contributed by atoms with Crippen molar-refractivity contribution in [3.05, 3.63) is 59.1 Å². The van der Waals surface area contributed by atoms with E-state index in [0.717, 1.165) is 10.5 Å². The number of hydrogen-bond acceptors (Lipinski definition) is 6. The van der Waals surface area contributed by atoms with E-state index in [9.17, 15) is 14.4 Å². The van der Waals surface area contributed by atoms with E-state index in [1.807, 2.05) is 25.1 Å². The third-order valence-corrected chi connectivity index (χ3v) is 4.77. The molecule has 9 heteroatoms. The van der Waals surface area contributed by atoms with Crippen LogP contribution in [0.1, 0.15) is 5.56 Å². The average Bonchev–Trinajstić information content (AvgIpc) is 3.15. The lowest BCUT2D eigenvalue weighted by molar-refractivity contribution is -0.123. The highest BCUT2D eigenvalue weighted by Gasteiger charge is 2.55. The van der Waals surface area contributed by atoms with Gasteiger partial charge in [-0.25, -0.2) is 4.90 Å². The van der Waals surface area contributed by atoms with Crippen molar-refractivity contribution in [2.75, 3.05) is 16.8 Å². The zero-order valence-electron chi connectivity index (χ0n) is 14.9. The van der Waals surface area contributed by atoms with Gasteiger partial charge in [0.1, 0.15) is 6.54 Å². The van der Waals surface area contributed by atoms with Gasteiger partial charge in [-0.15, -0.1) is 0 Å². The molecular formula is C19H16ClN5O3. The molecule has 0 aromatic heterocycles. The van der Waals surface area contributed by atoms with E-state index in [4.69, 9.17) is 11.6 Å². The minimum atomic E-state index is -0.960. The van der Waals surface area contributed by atoms with Crippen LogP contribution in [-0.4, -0.2) is 41.4 Å². The highest BCUT2D eigenvalue weighted by Crippen LogP contribution is 2.32. The van der Waals surface area contributed by atoms with Crippen molar-refractivity contribution in [2.24, 2.45) is 10.3 Å². The van der Waals surface area contributed by atoms with Crippen molar-refractivity contribution in [3.63, 3.8) is 0 Å². The number of halogens is 1. The highest BCUT2D eigenvalue weighted by molar-refractivity contribution is 6.31. The lowest BCUT2D eigenvalue weighted by Crippen LogP contribution is -2.43. The first-order valence-electron chi connectivity index (χ1n) is 8.61. The number of anilines is 2. The van der Waals surface area contributed by atoms with Crippen LogP contribution in [0.15, 0.2) is 58.9 Å². The van der Waals surface area contributed by atoms with Gasteiger partial charge in [-0.05, 0) is 42.8 Å². The first-order chi connectivity index (χ1) is 13.4. The predicted octanol–water partition coefficient (Wildman–Crippen LogP) is 2.58. The quantitative estimate of drug-likeness (QED) is 0.802. The molecule has 2 aliphatic rings. The topological polar surface area (TPSA) is 94.4 Å². The lowest BCUT2D eigenvalue weighted by Gasteiger charge is -2.20. The molecule has 0 radical (unpaired) electrons. The number of aryl methyl sites for hydroxylation is 1. The van der Waals surface area contributed by atoms with Crippen molar-refractivity contribution < 1.29 is 14.4 Å².